The highest BCUT2D eigenvalue weighted by Crippen LogP contribution is 2.24. The number of para-hydroxylation sites is 1. The van der Waals surface area contributed by atoms with E-state index in [1.54, 1.807) is 0 Å². The SMILES string of the molecule is CN(CCNCc1ccn(-c2ccccc2)n1)C1CC1. The Morgan fingerprint density at radius 1 is 1.25 bits per heavy atom. The Kier molecular flexibility index (Phi) is 4.14. The lowest BCUT2D eigenvalue weighted by Crippen LogP contribution is -2.30. The van der Waals surface area contributed by atoms with Gasteiger partial charge in [-0.1, -0.05) is 18.2 Å². The first-order chi connectivity index (χ1) is 9.83. The lowest BCUT2D eigenvalue weighted by Gasteiger charge is -2.15. The summed E-state index contributed by atoms with van der Waals surface area (Å²) >= 11 is 0. The van der Waals surface area contributed by atoms with E-state index in [9.17, 15) is 0 Å². The fourth-order valence-electron chi connectivity index (χ4n) is 2.35. The second kappa shape index (κ2) is 6.20. The molecule has 2 aromatic rings. The van der Waals surface area contributed by atoms with Crippen LogP contribution in [0.2, 0.25) is 0 Å². The molecule has 1 aliphatic carbocycles. The highest BCUT2D eigenvalue weighted by molar-refractivity contribution is 5.30. The van der Waals surface area contributed by atoms with Crippen molar-refractivity contribution < 1.29 is 0 Å². The van der Waals surface area contributed by atoms with Crippen molar-refractivity contribution in [3.63, 3.8) is 0 Å². The number of likely N-dealkylation sites (N-methyl/N-ethyl adjacent to an activating group) is 1. The number of hydrogen-bond acceptors (Lipinski definition) is 3. The molecular weight excluding hydrogens is 248 g/mol. The maximum Gasteiger partial charge on any atom is 0.0766 e. The van der Waals surface area contributed by atoms with Gasteiger partial charge in [0.15, 0.2) is 0 Å². The molecule has 1 heterocycles. The van der Waals surface area contributed by atoms with E-state index < -0.39 is 0 Å². The summed E-state index contributed by atoms with van der Waals surface area (Å²) in [4.78, 5) is 2.44. The number of nitrogens with one attached hydrogen (secondary N) is 1. The molecule has 4 nitrogen and oxygen atoms in total. The van der Waals surface area contributed by atoms with Crippen LogP contribution in [0.25, 0.3) is 5.69 Å². The lowest BCUT2D eigenvalue weighted by atomic mass is 10.3. The Morgan fingerprint density at radius 3 is 2.80 bits per heavy atom. The molecule has 0 radical (unpaired) electrons. The fourth-order valence-corrected chi connectivity index (χ4v) is 2.35. The van der Waals surface area contributed by atoms with E-state index in [1.165, 1.54) is 12.8 Å². The highest BCUT2D eigenvalue weighted by atomic mass is 15.3. The van der Waals surface area contributed by atoms with Crippen molar-refractivity contribution in [2.45, 2.75) is 25.4 Å². The van der Waals surface area contributed by atoms with Crippen molar-refractivity contribution in [2.24, 2.45) is 0 Å². The highest BCUT2D eigenvalue weighted by Gasteiger charge is 2.25. The predicted octanol–water partition coefficient (Wildman–Crippen LogP) is 2.06. The van der Waals surface area contributed by atoms with Crippen LogP contribution in [0.15, 0.2) is 42.6 Å². The molecule has 3 rings (SSSR count). The Hall–Kier alpha value is -1.65. The summed E-state index contributed by atoms with van der Waals surface area (Å²) < 4.78 is 1.92. The van der Waals surface area contributed by atoms with Gasteiger partial charge in [0.1, 0.15) is 0 Å². The first-order valence-corrected chi connectivity index (χ1v) is 7.34. The zero-order chi connectivity index (χ0) is 13.8. The first kappa shape index (κ1) is 13.3. The molecule has 0 amide bonds. The third-order valence-corrected chi connectivity index (χ3v) is 3.78. The molecule has 1 fully saturated rings. The van der Waals surface area contributed by atoms with Crippen LogP contribution in [0, 0.1) is 0 Å². The molecule has 1 aliphatic rings. The molecule has 0 bridgehead atoms. The molecule has 4 heteroatoms. The molecule has 0 unspecified atom stereocenters. The van der Waals surface area contributed by atoms with Crippen LogP contribution in [-0.4, -0.2) is 40.9 Å². The van der Waals surface area contributed by atoms with Crippen molar-refractivity contribution in [3.8, 4) is 5.69 Å². The summed E-state index contributed by atoms with van der Waals surface area (Å²) in [6, 6.07) is 13.1. The van der Waals surface area contributed by atoms with Gasteiger partial charge in [-0.2, -0.15) is 5.10 Å². The Bertz CT molecular complexity index is 530. The summed E-state index contributed by atoms with van der Waals surface area (Å²) in [6.45, 7) is 2.97. The largest absolute Gasteiger partial charge is 0.310 e. The maximum atomic E-state index is 4.59. The molecule has 20 heavy (non-hydrogen) atoms. The summed E-state index contributed by atoms with van der Waals surface area (Å²) in [7, 11) is 2.21. The minimum atomic E-state index is 0.832. The van der Waals surface area contributed by atoms with Gasteiger partial charge >= 0.3 is 0 Å². The Balaban J connectivity index is 1.45. The summed E-state index contributed by atoms with van der Waals surface area (Å²) in [5.74, 6) is 0. The number of benzene rings is 1. The third kappa shape index (κ3) is 3.46. The topological polar surface area (TPSA) is 33.1 Å². The summed E-state index contributed by atoms with van der Waals surface area (Å²) in [6.07, 6.45) is 4.76. The predicted molar refractivity (Wildman–Crippen MR) is 80.9 cm³/mol. The molecule has 1 saturated carbocycles. The van der Waals surface area contributed by atoms with Crippen molar-refractivity contribution >= 4 is 0 Å². The van der Waals surface area contributed by atoms with Gasteiger partial charge in [-0.3, -0.25) is 0 Å². The third-order valence-electron chi connectivity index (χ3n) is 3.78. The molecule has 1 N–H and O–H groups in total. The molecule has 0 aliphatic heterocycles. The van der Waals surface area contributed by atoms with Crippen molar-refractivity contribution in [3.05, 3.63) is 48.3 Å². The minimum Gasteiger partial charge on any atom is -0.310 e. The van der Waals surface area contributed by atoms with Gasteiger partial charge in [-0.25, -0.2) is 4.68 Å². The number of aromatic nitrogens is 2. The minimum absolute atomic E-state index is 0.832. The molecular formula is C16H22N4. The van der Waals surface area contributed by atoms with Crippen LogP contribution in [0.3, 0.4) is 0 Å². The molecule has 0 saturated heterocycles. The van der Waals surface area contributed by atoms with E-state index in [2.05, 4.69) is 40.6 Å². The lowest BCUT2D eigenvalue weighted by molar-refractivity contribution is 0.321. The van der Waals surface area contributed by atoms with Crippen LogP contribution in [0.1, 0.15) is 18.5 Å². The fraction of sp³-hybridized carbons (Fsp3) is 0.438. The maximum absolute atomic E-state index is 4.59. The number of hydrogen-bond donors (Lipinski definition) is 1. The molecule has 106 valence electrons. The van der Waals surface area contributed by atoms with Crippen molar-refractivity contribution in [1.82, 2.24) is 20.0 Å². The smallest absolute Gasteiger partial charge is 0.0766 e. The van der Waals surface area contributed by atoms with Crippen LogP contribution >= 0.6 is 0 Å². The van der Waals surface area contributed by atoms with Crippen LogP contribution in [0.5, 0.6) is 0 Å². The number of nitrogens with zero attached hydrogens (tertiary/aromatic N) is 3. The average molecular weight is 270 g/mol. The zero-order valence-electron chi connectivity index (χ0n) is 12.0. The summed E-state index contributed by atoms with van der Waals surface area (Å²) in [5.41, 5.74) is 2.19. The quantitative estimate of drug-likeness (QED) is 0.782. The van der Waals surface area contributed by atoms with Gasteiger partial charge in [0, 0.05) is 31.9 Å². The van der Waals surface area contributed by atoms with Gasteiger partial charge < -0.3 is 10.2 Å². The first-order valence-electron chi connectivity index (χ1n) is 7.34. The van der Waals surface area contributed by atoms with Gasteiger partial charge in [-0.15, -0.1) is 0 Å². The van der Waals surface area contributed by atoms with E-state index in [-0.39, 0.29) is 0 Å². The molecule has 1 aromatic heterocycles. The summed E-state index contributed by atoms with van der Waals surface area (Å²) in [5, 5.41) is 8.05. The molecule has 0 atom stereocenters. The zero-order valence-corrected chi connectivity index (χ0v) is 12.0. The van der Waals surface area contributed by atoms with Gasteiger partial charge in [-0.05, 0) is 38.1 Å². The Labute approximate surface area is 120 Å². The van der Waals surface area contributed by atoms with E-state index in [0.29, 0.717) is 0 Å². The van der Waals surface area contributed by atoms with Crippen molar-refractivity contribution in [1.29, 1.82) is 0 Å². The van der Waals surface area contributed by atoms with Gasteiger partial charge in [0.05, 0.1) is 11.4 Å². The van der Waals surface area contributed by atoms with E-state index in [1.807, 2.05) is 29.1 Å². The van der Waals surface area contributed by atoms with Gasteiger partial charge in [0.25, 0.3) is 0 Å². The van der Waals surface area contributed by atoms with E-state index in [4.69, 9.17) is 0 Å². The molecule has 0 spiro atoms. The number of rotatable bonds is 7. The van der Waals surface area contributed by atoms with Crippen LogP contribution in [0.4, 0.5) is 0 Å². The normalized spacial score (nSPS) is 14.9. The van der Waals surface area contributed by atoms with E-state index >= 15 is 0 Å². The van der Waals surface area contributed by atoms with E-state index in [0.717, 1.165) is 37.1 Å². The van der Waals surface area contributed by atoms with Crippen LogP contribution in [-0.2, 0) is 6.54 Å². The Morgan fingerprint density at radius 2 is 2.05 bits per heavy atom. The second-order valence-electron chi connectivity index (χ2n) is 5.48. The van der Waals surface area contributed by atoms with Crippen LogP contribution < -0.4 is 5.32 Å². The standard InChI is InChI=1S/C16H22N4/c1-19(15-7-8-15)12-10-17-13-14-9-11-20(18-14)16-5-3-2-4-6-16/h2-6,9,11,15,17H,7-8,10,12-13H2,1H3. The molecule has 1 aromatic carbocycles. The van der Waals surface area contributed by atoms with Gasteiger partial charge in [0.2, 0.25) is 0 Å². The second-order valence-corrected chi connectivity index (χ2v) is 5.48. The average Bonchev–Trinajstić information content (AvgIpc) is 3.23. The monoisotopic (exact) mass is 270 g/mol. The van der Waals surface area contributed by atoms with Crippen molar-refractivity contribution in [2.75, 3.05) is 20.1 Å².